The Bertz CT molecular complexity index is 401. The topological polar surface area (TPSA) is 29.1 Å². The van der Waals surface area contributed by atoms with Gasteiger partial charge in [-0.2, -0.15) is 0 Å². The first-order valence-corrected chi connectivity index (χ1v) is 7.51. The minimum atomic E-state index is 0.0575. The van der Waals surface area contributed by atoms with E-state index in [2.05, 4.69) is 28.2 Å². The molecule has 0 spiro atoms. The van der Waals surface area contributed by atoms with Gasteiger partial charge in [-0.3, -0.25) is 4.79 Å². The van der Waals surface area contributed by atoms with Crippen LogP contribution in [0, 0.1) is 5.92 Å². The summed E-state index contributed by atoms with van der Waals surface area (Å²) in [6, 6.07) is 7.89. The summed E-state index contributed by atoms with van der Waals surface area (Å²) in [5.74, 6) is 0.863. The number of benzene rings is 1. The maximum Gasteiger partial charge on any atom is 0.251 e. The molecule has 2 atom stereocenters. The number of halogens is 1. The monoisotopic (exact) mass is 309 g/mol. The molecular formula is C15H20BrNO. The van der Waals surface area contributed by atoms with Gasteiger partial charge in [-0.05, 0) is 49.4 Å². The van der Waals surface area contributed by atoms with Crippen molar-refractivity contribution in [2.24, 2.45) is 5.92 Å². The van der Waals surface area contributed by atoms with Crippen LogP contribution in [0.25, 0.3) is 0 Å². The number of hydrogen-bond acceptors (Lipinski definition) is 1. The molecule has 1 aliphatic carbocycles. The fourth-order valence-corrected chi connectivity index (χ4v) is 2.77. The molecule has 0 saturated heterocycles. The molecule has 1 amide bonds. The molecule has 1 aromatic carbocycles. The highest BCUT2D eigenvalue weighted by Crippen LogP contribution is 2.22. The lowest BCUT2D eigenvalue weighted by atomic mass is 10.0. The molecule has 3 heteroatoms. The van der Waals surface area contributed by atoms with Gasteiger partial charge in [0.05, 0.1) is 0 Å². The Morgan fingerprint density at radius 1 is 1.17 bits per heavy atom. The van der Waals surface area contributed by atoms with Crippen LogP contribution >= 0.6 is 15.9 Å². The molecule has 98 valence electrons. The summed E-state index contributed by atoms with van der Waals surface area (Å²) in [5.41, 5.74) is 0.746. The smallest absolute Gasteiger partial charge is 0.251 e. The summed E-state index contributed by atoms with van der Waals surface area (Å²) in [7, 11) is 0. The number of carbonyl (C=O) groups excluding carboxylic acids is 1. The number of amides is 1. The molecule has 0 radical (unpaired) electrons. The first kappa shape index (κ1) is 13.6. The van der Waals surface area contributed by atoms with Crippen molar-refractivity contribution in [2.75, 3.05) is 0 Å². The van der Waals surface area contributed by atoms with Crippen LogP contribution in [0.3, 0.4) is 0 Å². The van der Waals surface area contributed by atoms with E-state index < -0.39 is 0 Å². The van der Waals surface area contributed by atoms with Gasteiger partial charge in [-0.25, -0.2) is 0 Å². The van der Waals surface area contributed by atoms with E-state index in [1.807, 2.05) is 24.3 Å². The molecule has 0 heterocycles. The molecule has 1 saturated carbocycles. The Morgan fingerprint density at radius 2 is 1.89 bits per heavy atom. The SMILES string of the molecule is CC1CCCC(NC(=O)c2ccc(Br)cc2)CC1. The molecule has 1 N–H and O–H groups in total. The Hall–Kier alpha value is -0.830. The average Bonchev–Trinajstić information content (AvgIpc) is 2.55. The van der Waals surface area contributed by atoms with Crippen molar-refractivity contribution in [2.45, 2.75) is 45.1 Å². The summed E-state index contributed by atoms with van der Waals surface area (Å²) in [4.78, 5) is 12.1. The molecule has 2 unspecified atom stereocenters. The third kappa shape index (κ3) is 3.84. The van der Waals surface area contributed by atoms with Crippen LogP contribution < -0.4 is 5.32 Å². The highest BCUT2D eigenvalue weighted by molar-refractivity contribution is 9.10. The predicted molar refractivity (Wildman–Crippen MR) is 77.6 cm³/mol. The maximum absolute atomic E-state index is 12.1. The summed E-state index contributed by atoms with van der Waals surface area (Å²) >= 11 is 3.38. The molecular weight excluding hydrogens is 290 g/mol. The van der Waals surface area contributed by atoms with Crippen molar-refractivity contribution in [3.05, 3.63) is 34.3 Å². The standard InChI is InChI=1S/C15H20BrNO/c1-11-3-2-4-14(10-5-11)17-15(18)12-6-8-13(16)9-7-12/h6-9,11,14H,2-5,10H2,1H3,(H,17,18). The largest absolute Gasteiger partial charge is 0.349 e. The molecule has 18 heavy (non-hydrogen) atoms. The normalized spacial score (nSPS) is 24.3. The van der Waals surface area contributed by atoms with Crippen molar-refractivity contribution in [3.8, 4) is 0 Å². The number of hydrogen-bond donors (Lipinski definition) is 1. The minimum absolute atomic E-state index is 0.0575. The van der Waals surface area contributed by atoms with E-state index in [1.165, 1.54) is 19.3 Å². The second kappa shape index (κ2) is 6.37. The molecule has 1 aromatic rings. The fourth-order valence-electron chi connectivity index (χ4n) is 2.50. The number of carbonyl (C=O) groups is 1. The second-order valence-corrected chi connectivity index (χ2v) is 6.21. The van der Waals surface area contributed by atoms with Crippen molar-refractivity contribution in [3.63, 3.8) is 0 Å². The van der Waals surface area contributed by atoms with Crippen LogP contribution in [0.15, 0.2) is 28.7 Å². The average molecular weight is 310 g/mol. The van der Waals surface area contributed by atoms with Gasteiger partial charge in [0.2, 0.25) is 0 Å². The zero-order valence-electron chi connectivity index (χ0n) is 10.8. The molecule has 0 bridgehead atoms. The highest BCUT2D eigenvalue weighted by atomic mass is 79.9. The molecule has 2 nitrogen and oxygen atoms in total. The van der Waals surface area contributed by atoms with Gasteiger partial charge in [-0.1, -0.05) is 35.7 Å². The van der Waals surface area contributed by atoms with Crippen LogP contribution in [0.4, 0.5) is 0 Å². The van der Waals surface area contributed by atoms with E-state index in [1.54, 1.807) is 0 Å². The van der Waals surface area contributed by atoms with Gasteiger partial charge in [-0.15, -0.1) is 0 Å². The van der Waals surface area contributed by atoms with Crippen LogP contribution in [-0.2, 0) is 0 Å². The maximum atomic E-state index is 12.1. The van der Waals surface area contributed by atoms with E-state index in [9.17, 15) is 4.79 Å². The van der Waals surface area contributed by atoms with Gasteiger partial charge in [0, 0.05) is 16.1 Å². The van der Waals surface area contributed by atoms with Gasteiger partial charge in [0.1, 0.15) is 0 Å². The summed E-state index contributed by atoms with van der Waals surface area (Å²) in [6.07, 6.45) is 5.98. The second-order valence-electron chi connectivity index (χ2n) is 5.29. The van der Waals surface area contributed by atoms with E-state index in [-0.39, 0.29) is 5.91 Å². The molecule has 2 rings (SSSR count). The van der Waals surface area contributed by atoms with Crippen LogP contribution in [0.2, 0.25) is 0 Å². The first-order valence-electron chi connectivity index (χ1n) is 6.71. The van der Waals surface area contributed by atoms with Crippen molar-refractivity contribution >= 4 is 21.8 Å². The van der Waals surface area contributed by atoms with Gasteiger partial charge in [0.25, 0.3) is 5.91 Å². The van der Waals surface area contributed by atoms with Crippen molar-refractivity contribution in [1.82, 2.24) is 5.32 Å². The fraction of sp³-hybridized carbons (Fsp3) is 0.533. The minimum Gasteiger partial charge on any atom is -0.349 e. The van der Waals surface area contributed by atoms with Crippen molar-refractivity contribution in [1.29, 1.82) is 0 Å². The zero-order valence-corrected chi connectivity index (χ0v) is 12.4. The van der Waals surface area contributed by atoms with E-state index in [0.29, 0.717) is 6.04 Å². The van der Waals surface area contributed by atoms with Crippen LogP contribution in [0.1, 0.15) is 49.4 Å². The quantitative estimate of drug-likeness (QED) is 0.817. The third-order valence-corrected chi connectivity index (χ3v) is 4.23. The lowest BCUT2D eigenvalue weighted by molar-refractivity contribution is 0.0933. The molecule has 0 aromatic heterocycles. The summed E-state index contributed by atoms with van der Waals surface area (Å²) < 4.78 is 1.00. The molecule has 1 aliphatic rings. The lowest BCUT2D eigenvalue weighted by Crippen LogP contribution is -2.34. The summed E-state index contributed by atoms with van der Waals surface area (Å²) in [6.45, 7) is 2.30. The molecule has 1 fully saturated rings. The Balaban J connectivity index is 1.92. The van der Waals surface area contributed by atoms with Gasteiger partial charge >= 0.3 is 0 Å². The van der Waals surface area contributed by atoms with E-state index in [0.717, 1.165) is 28.8 Å². The lowest BCUT2D eigenvalue weighted by Gasteiger charge is -2.16. The predicted octanol–water partition coefficient (Wildman–Crippen LogP) is 4.15. The third-order valence-electron chi connectivity index (χ3n) is 3.70. The van der Waals surface area contributed by atoms with E-state index >= 15 is 0 Å². The van der Waals surface area contributed by atoms with Crippen molar-refractivity contribution < 1.29 is 4.79 Å². The molecule has 0 aliphatic heterocycles. The summed E-state index contributed by atoms with van der Waals surface area (Å²) in [5, 5.41) is 3.16. The Labute approximate surface area is 117 Å². The van der Waals surface area contributed by atoms with Crippen LogP contribution in [-0.4, -0.2) is 11.9 Å². The number of rotatable bonds is 2. The Morgan fingerprint density at radius 3 is 2.61 bits per heavy atom. The first-order chi connectivity index (χ1) is 8.65. The van der Waals surface area contributed by atoms with Gasteiger partial charge < -0.3 is 5.32 Å². The number of nitrogens with one attached hydrogen (secondary N) is 1. The Kier molecular flexibility index (Phi) is 4.81. The van der Waals surface area contributed by atoms with Gasteiger partial charge in [0.15, 0.2) is 0 Å². The zero-order chi connectivity index (χ0) is 13.0. The van der Waals surface area contributed by atoms with Crippen LogP contribution in [0.5, 0.6) is 0 Å². The highest BCUT2D eigenvalue weighted by Gasteiger charge is 2.18. The van der Waals surface area contributed by atoms with E-state index in [4.69, 9.17) is 0 Å².